The van der Waals surface area contributed by atoms with Gasteiger partial charge in [-0.15, -0.1) is 0 Å². The zero-order valence-corrected chi connectivity index (χ0v) is 18.5. The first-order valence-electron chi connectivity index (χ1n) is 11.1. The van der Waals surface area contributed by atoms with Gasteiger partial charge in [0.2, 0.25) is 0 Å². The molecular weight excluding hydrogens is 382 g/mol. The van der Waals surface area contributed by atoms with E-state index in [0.29, 0.717) is 5.92 Å². The number of carbonyl (C=O) groups excluding carboxylic acids is 1. The van der Waals surface area contributed by atoms with Crippen LogP contribution in [0, 0.1) is 5.41 Å². The van der Waals surface area contributed by atoms with Crippen molar-refractivity contribution in [2.45, 2.75) is 38.5 Å². The fourth-order valence-corrected chi connectivity index (χ4v) is 5.27. The molecule has 1 aliphatic heterocycles. The molecule has 2 atom stereocenters. The van der Waals surface area contributed by atoms with Gasteiger partial charge in [0, 0.05) is 29.9 Å². The van der Waals surface area contributed by atoms with Crippen LogP contribution in [0.15, 0.2) is 84.1 Å². The Morgan fingerprint density at radius 3 is 2.55 bits per heavy atom. The Morgan fingerprint density at radius 2 is 1.81 bits per heavy atom. The van der Waals surface area contributed by atoms with Crippen molar-refractivity contribution in [3.05, 3.63) is 95.2 Å². The third-order valence-electron chi connectivity index (χ3n) is 7.14. The standard InChI is InChI=1S/C28H29NO2/c1-28(2)16-17-29(19-12-14-20(31-3)15-13-19)18-25(28)27(30)26-23-10-6-4-8-21(23)22-9-5-7-11-24(22)26/h4-8,10-15,18,22,26H,9,16-17H2,1-3H3. The monoisotopic (exact) mass is 411 g/mol. The van der Waals surface area contributed by atoms with Crippen LogP contribution in [0.25, 0.3) is 0 Å². The summed E-state index contributed by atoms with van der Waals surface area (Å²) < 4.78 is 5.30. The molecule has 0 aromatic heterocycles. The summed E-state index contributed by atoms with van der Waals surface area (Å²) in [5, 5.41) is 0. The molecular formula is C28H29NO2. The fraction of sp³-hybridized carbons (Fsp3) is 0.321. The molecule has 158 valence electrons. The summed E-state index contributed by atoms with van der Waals surface area (Å²) in [7, 11) is 1.68. The number of ketones is 1. The van der Waals surface area contributed by atoms with E-state index in [1.165, 1.54) is 16.7 Å². The van der Waals surface area contributed by atoms with Gasteiger partial charge in [0.15, 0.2) is 5.78 Å². The van der Waals surface area contributed by atoms with E-state index in [9.17, 15) is 4.79 Å². The quantitative estimate of drug-likeness (QED) is 0.604. The van der Waals surface area contributed by atoms with Crippen molar-refractivity contribution < 1.29 is 9.53 Å². The van der Waals surface area contributed by atoms with Crippen molar-refractivity contribution in [3.8, 4) is 5.75 Å². The van der Waals surface area contributed by atoms with Crippen LogP contribution in [0.5, 0.6) is 5.75 Å². The van der Waals surface area contributed by atoms with Gasteiger partial charge in [-0.25, -0.2) is 0 Å². The normalized spacial score (nSPS) is 23.5. The maximum absolute atomic E-state index is 14.1. The second kappa shape index (κ2) is 7.56. The van der Waals surface area contributed by atoms with E-state index in [2.05, 4.69) is 79.6 Å². The predicted molar refractivity (Wildman–Crippen MR) is 126 cm³/mol. The minimum absolute atomic E-state index is 0.155. The highest BCUT2D eigenvalue weighted by molar-refractivity contribution is 6.05. The molecule has 31 heavy (non-hydrogen) atoms. The molecule has 2 unspecified atom stereocenters. The highest BCUT2D eigenvalue weighted by Gasteiger charge is 2.44. The van der Waals surface area contributed by atoms with E-state index in [1.54, 1.807) is 7.11 Å². The van der Waals surface area contributed by atoms with Gasteiger partial charge in [0.1, 0.15) is 5.75 Å². The lowest BCUT2D eigenvalue weighted by Gasteiger charge is -2.38. The number of fused-ring (bicyclic) bond motifs is 3. The second-order valence-corrected chi connectivity index (χ2v) is 9.38. The van der Waals surface area contributed by atoms with Crippen LogP contribution in [0.3, 0.4) is 0 Å². The van der Waals surface area contributed by atoms with Crippen molar-refractivity contribution in [2.75, 3.05) is 18.6 Å². The minimum atomic E-state index is -0.174. The van der Waals surface area contributed by atoms with Gasteiger partial charge in [-0.2, -0.15) is 0 Å². The number of hydrogen-bond donors (Lipinski definition) is 0. The van der Waals surface area contributed by atoms with Gasteiger partial charge >= 0.3 is 0 Å². The van der Waals surface area contributed by atoms with Gasteiger partial charge in [0.25, 0.3) is 0 Å². The largest absolute Gasteiger partial charge is 0.497 e. The van der Waals surface area contributed by atoms with Crippen molar-refractivity contribution in [1.29, 1.82) is 0 Å². The number of anilines is 1. The average molecular weight is 412 g/mol. The highest BCUT2D eigenvalue weighted by atomic mass is 16.5. The average Bonchev–Trinajstić information content (AvgIpc) is 3.13. The van der Waals surface area contributed by atoms with Crippen LogP contribution in [0.2, 0.25) is 0 Å². The van der Waals surface area contributed by atoms with Crippen LogP contribution < -0.4 is 9.64 Å². The molecule has 3 aliphatic rings. The van der Waals surface area contributed by atoms with Crippen LogP contribution in [0.1, 0.15) is 49.7 Å². The summed E-state index contributed by atoms with van der Waals surface area (Å²) in [6.07, 6.45) is 10.5. The van der Waals surface area contributed by atoms with Crippen LogP contribution in [0.4, 0.5) is 5.69 Å². The lowest BCUT2D eigenvalue weighted by atomic mass is 9.73. The summed E-state index contributed by atoms with van der Waals surface area (Å²) >= 11 is 0. The Morgan fingerprint density at radius 1 is 1.06 bits per heavy atom. The Kier molecular flexibility index (Phi) is 4.85. The van der Waals surface area contributed by atoms with Crippen molar-refractivity contribution in [2.24, 2.45) is 5.41 Å². The molecule has 5 rings (SSSR count). The lowest BCUT2D eigenvalue weighted by molar-refractivity contribution is -0.117. The first-order valence-corrected chi connectivity index (χ1v) is 11.1. The van der Waals surface area contributed by atoms with E-state index >= 15 is 0 Å². The fourth-order valence-electron chi connectivity index (χ4n) is 5.27. The molecule has 0 saturated heterocycles. The van der Waals surface area contributed by atoms with E-state index in [1.807, 2.05) is 12.1 Å². The Bertz CT molecular complexity index is 1100. The Labute approximate surface area is 184 Å². The second-order valence-electron chi connectivity index (χ2n) is 9.38. The molecule has 3 heteroatoms. The molecule has 0 amide bonds. The number of methoxy groups -OCH3 is 1. The third kappa shape index (κ3) is 3.33. The molecule has 0 fully saturated rings. The number of nitrogens with zero attached hydrogens (tertiary/aromatic N) is 1. The summed E-state index contributed by atoms with van der Waals surface area (Å²) in [6.45, 7) is 5.30. The molecule has 0 bridgehead atoms. The number of allylic oxidation sites excluding steroid dienone is 5. The van der Waals surface area contributed by atoms with Crippen molar-refractivity contribution in [1.82, 2.24) is 0 Å². The van der Waals surface area contributed by atoms with E-state index in [-0.39, 0.29) is 17.1 Å². The molecule has 2 aliphatic carbocycles. The Balaban J connectivity index is 1.55. The van der Waals surface area contributed by atoms with Gasteiger partial charge in [-0.1, -0.05) is 56.3 Å². The number of ether oxygens (including phenoxy) is 1. The maximum Gasteiger partial charge on any atom is 0.172 e. The molecule has 2 aromatic carbocycles. The van der Waals surface area contributed by atoms with Gasteiger partial charge in [-0.3, -0.25) is 4.79 Å². The van der Waals surface area contributed by atoms with E-state index < -0.39 is 0 Å². The summed E-state index contributed by atoms with van der Waals surface area (Å²) in [4.78, 5) is 16.3. The summed E-state index contributed by atoms with van der Waals surface area (Å²) in [5.74, 6) is 1.25. The zero-order chi connectivity index (χ0) is 21.6. The summed E-state index contributed by atoms with van der Waals surface area (Å²) in [6, 6.07) is 16.6. The molecule has 3 nitrogen and oxygen atoms in total. The van der Waals surface area contributed by atoms with Crippen LogP contribution in [-0.2, 0) is 4.79 Å². The van der Waals surface area contributed by atoms with E-state index in [4.69, 9.17) is 4.74 Å². The first kappa shape index (κ1) is 19.9. The number of hydrogen-bond acceptors (Lipinski definition) is 3. The zero-order valence-electron chi connectivity index (χ0n) is 18.5. The van der Waals surface area contributed by atoms with Crippen molar-refractivity contribution >= 4 is 11.5 Å². The molecule has 1 heterocycles. The number of rotatable bonds is 4. The van der Waals surface area contributed by atoms with Crippen LogP contribution >= 0.6 is 0 Å². The Hall–Kier alpha value is -3.07. The minimum Gasteiger partial charge on any atom is -0.497 e. The lowest BCUT2D eigenvalue weighted by Crippen LogP contribution is -2.36. The molecule has 0 spiro atoms. The number of carbonyl (C=O) groups is 1. The van der Waals surface area contributed by atoms with Crippen LogP contribution in [-0.4, -0.2) is 19.4 Å². The molecule has 0 saturated carbocycles. The van der Waals surface area contributed by atoms with Crippen molar-refractivity contribution in [3.63, 3.8) is 0 Å². The summed E-state index contributed by atoms with van der Waals surface area (Å²) in [5.41, 5.74) is 5.62. The highest BCUT2D eigenvalue weighted by Crippen LogP contribution is 2.52. The topological polar surface area (TPSA) is 29.5 Å². The first-order chi connectivity index (χ1) is 15.0. The molecule has 2 aromatic rings. The van der Waals surface area contributed by atoms with E-state index in [0.717, 1.165) is 36.4 Å². The SMILES string of the molecule is COc1ccc(N2C=C(C(=O)C3C4=CC=CCC4c4ccccc43)C(C)(C)CC2)cc1. The number of benzene rings is 2. The van der Waals surface area contributed by atoms with Gasteiger partial charge in [-0.05, 0) is 59.2 Å². The van der Waals surface area contributed by atoms with Gasteiger partial charge < -0.3 is 9.64 Å². The molecule has 0 N–H and O–H groups in total. The number of Topliss-reactive ketones (excluding diaryl/α,β-unsaturated/α-hetero) is 1. The predicted octanol–water partition coefficient (Wildman–Crippen LogP) is 6.15. The maximum atomic E-state index is 14.1. The molecule has 0 radical (unpaired) electrons. The smallest absolute Gasteiger partial charge is 0.172 e. The third-order valence-corrected chi connectivity index (χ3v) is 7.14. The van der Waals surface area contributed by atoms with Gasteiger partial charge in [0.05, 0.1) is 13.0 Å².